The van der Waals surface area contributed by atoms with Crippen LogP contribution in [0.2, 0.25) is 0 Å². The van der Waals surface area contributed by atoms with E-state index < -0.39 is 0 Å². The highest BCUT2D eigenvalue weighted by Crippen LogP contribution is 1.74. The molecular weight excluding hydrogens is 109 g/mol. The Labute approximate surface area is 47.1 Å². The van der Waals surface area contributed by atoms with Crippen LogP contribution in [0.4, 0.5) is 4.48 Å². The summed E-state index contributed by atoms with van der Waals surface area (Å²) >= 11 is 0. The zero-order valence-electron chi connectivity index (χ0n) is 4.63. The molecule has 0 aliphatic rings. The van der Waals surface area contributed by atoms with Gasteiger partial charge in [-0.3, -0.25) is 0 Å². The van der Waals surface area contributed by atoms with Crippen LogP contribution in [-0.2, 0) is 0 Å². The molecule has 0 bridgehead atoms. The summed E-state index contributed by atoms with van der Waals surface area (Å²) in [7, 11) is 0. The van der Waals surface area contributed by atoms with Gasteiger partial charge in [0, 0.05) is 6.42 Å². The molecule has 46 valence electrons. The van der Waals surface area contributed by atoms with E-state index in [0.717, 1.165) is 6.34 Å². The summed E-state index contributed by atoms with van der Waals surface area (Å²) in [6.07, 6.45) is 1.39. The van der Waals surface area contributed by atoms with Gasteiger partial charge in [0.25, 0.3) is 0 Å². The fraction of sp³-hybridized carbons (Fsp3) is 0.500. The van der Waals surface area contributed by atoms with E-state index in [-0.39, 0.29) is 0 Å². The molecule has 8 heavy (non-hydrogen) atoms. The number of rotatable bonds is 2. The third-order valence-electron chi connectivity index (χ3n) is 0.629. The summed E-state index contributed by atoms with van der Waals surface area (Å²) in [4.78, 5) is 3.39. The topological polar surface area (TPSA) is 50.7 Å². The van der Waals surface area contributed by atoms with E-state index in [2.05, 4.69) is 10.2 Å². The third kappa shape index (κ3) is 3.27. The molecule has 0 aliphatic carbocycles. The van der Waals surface area contributed by atoms with Crippen molar-refractivity contribution >= 4 is 12.2 Å². The van der Waals surface area contributed by atoms with Gasteiger partial charge in [0.05, 0.1) is 0 Å². The van der Waals surface area contributed by atoms with Gasteiger partial charge >= 0.3 is 0 Å². The maximum absolute atomic E-state index is 10.9. The van der Waals surface area contributed by atoms with E-state index in [1.165, 1.54) is 0 Å². The van der Waals surface area contributed by atoms with E-state index in [1.807, 2.05) is 6.92 Å². The fourth-order valence-corrected chi connectivity index (χ4v) is 0.187. The predicted molar refractivity (Wildman–Crippen MR) is 31.5 cm³/mol. The summed E-state index contributed by atoms with van der Waals surface area (Å²) in [5.74, 6) is 0.381. The molecule has 0 aromatic heterocycles. The van der Waals surface area contributed by atoms with Gasteiger partial charge in [-0.25, -0.2) is 4.99 Å². The Bertz CT molecular complexity index is 108. The van der Waals surface area contributed by atoms with Crippen LogP contribution in [-0.4, -0.2) is 12.2 Å². The number of hydrogen-bond acceptors (Lipinski definition) is 1. The first kappa shape index (κ1) is 7.07. The molecular formula is C4H8FN3. The van der Waals surface area contributed by atoms with Crippen molar-refractivity contribution in [1.29, 1.82) is 0 Å². The second-order valence-electron chi connectivity index (χ2n) is 1.19. The second-order valence-corrected chi connectivity index (χ2v) is 1.19. The zero-order valence-corrected chi connectivity index (χ0v) is 4.63. The van der Waals surface area contributed by atoms with Crippen molar-refractivity contribution in [3.63, 3.8) is 0 Å². The number of nitrogens with two attached hydrogens (primary N) is 1. The van der Waals surface area contributed by atoms with Crippen LogP contribution >= 0.6 is 0 Å². The molecule has 0 atom stereocenters. The smallest absolute Gasteiger partial charge is 0.150 e. The van der Waals surface area contributed by atoms with Crippen LogP contribution in [0.15, 0.2) is 10.2 Å². The number of aliphatic imine (C=N–C) groups is 1. The van der Waals surface area contributed by atoms with Gasteiger partial charge in [-0.1, -0.05) is 16.6 Å². The lowest BCUT2D eigenvalue weighted by Gasteiger charge is -1.85. The highest BCUT2D eigenvalue weighted by molar-refractivity contribution is 5.86. The zero-order chi connectivity index (χ0) is 6.41. The molecule has 0 amide bonds. The molecule has 3 nitrogen and oxygen atoms in total. The monoisotopic (exact) mass is 117 g/mol. The van der Waals surface area contributed by atoms with Gasteiger partial charge in [0.15, 0.2) is 0 Å². The van der Waals surface area contributed by atoms with Crippen LogP contribution < -0.4 is 5.73 Å². The van der Waals surface area contributed by atoms with Gasteiger partial charge < -0.3 is 5.73 Å². The first-order valence-electron chi connectivity index (χ1n) is 2.26. The Morgan fingerprint density at radius 3 is 2.88 bits per heavy atom. The SMILES string of the molecule is CC/C(N)=N\C=N/F. The lowest BCUT2D eigenvalue weighted by molar-refractivity contribution is 0.540. The molecule has 0 heterocycles. The minimum Gasteiger partial charge on any atom is -0.387 e. The van der Waals surface area contributed by atoms with Gasteiger partial charge in [-0.15, -0.1) is 0 Å². The van der Waals surface area contributed by atoms with Crippen LogP contribution in [0.1, 0.15) is 13.3 Å². The lowest BCUT2D eigenvalue weighted by atomic mass is 10.5. The number of halogens is 1. The first-order valence-corrected chi connectivity index (χ1v) is 2.26. The standard InChI is InChI=1S/C4H8FN3/c1-2-4(6)7-3-8-5/h3H,2H2,1H3,(H2,6,7,8). The van der Waals surface area contributed by atoms with Crippen molar-refractivity contribution in [3.8, 4) is 0 Å². The average molecular weight is 117 g/mol. The van der Waals surface area contributed by atoms with Crippen molar-refractivity contribution in [1.82, 2.24) is 0 Å². The van der Waals surface area contributed by atoms with Crippen LogP contribution in [0.5, 0.6) is 0 Å². The van der Waals surface area contributed by atoms with Crippen molar-refractivity contribution < 1.29 is 4.48 Å². The molecule has 0 unspecified atom stereocenters. The van der Waals surface area contributed by atoms with E-state index in [1.54, 1.807) is 0 Å². The van der Waals surface area contributed by atoms with Crippen molar-refractivity contribution in [2.24, 2.45) is 15.9 Å². The summed E-state index contributed by atoms with van der Waals surface area (Å²) < 4.78 is 10.9. The Morgan fingerprint density at radius 1 is 1.88 bits per heavy atom. The maximum Gasteiger partial charge on any atom is 0.150 e. The van der Waals surface area contributed by atoms with Crippen LogP contribution in [0.3, 0.4) is 0 Å². The molecule has 0 spiro atoms. The van der Waals surface area contributed by atoms with Crippen LogP contribution in [0, 0.1) is 0 Å². The van der Waals surface area contributed by atoms with Gasteiger partial charge in [-0.2, -0.15) is 0 Å². The Balaban J connectivity index is 3.57. The Morgan fingerprint density at radius 2 is 2.50 bits per heavy atom. The van der Waals surface area contributed by atoms with E-state index >= 15 is 0 Å². The van der Waals surface area contributed by atoms with Gasteiger partial charge in [-0.05, 0) is 0 Å². The molecule has 0 aromatic carbocycles. The summed E-state index contributed by atoms with van der Waals surface area (Å²) in [5, 5.41) is 2.13. The largest absolute Gasteiger partial charge is 0.387 e. The average Bonchev–Trinajstić information content (AvgIpc) is 1.83. The summed E-state index contributed by atoms with van der Waals surface area (Å²) in [6.45, 7) is 1.82. The molecule has 0 radical (unpaired) electrons. The van der Waals surface area contributed by atoms with E-state index in [0.29, 0.717) is 12.3 Å². The third-order valence-corrected chi connectivity index (χ3v) is 0.629. The first-order chi connectivity index (χ1) is 3.81. The molecule has 0 aromatic rings. The number of hydrogen-bond donors (Lipinski definition) is 1. The van der Waals surface area contributed by atoms with Crippen molar-refractivity contribution in [3.05, 3.63) is 0 Å². The van der Waals surface area contributed by atoms with Crippen LogP contribution in [0.25, 0.3) is 0 Å². The normalized spacial score (nSPS) is 13.0. The maximum atomic E-state index is 10.9. The Kier molecular flexibility index (Phi) is 3.74. The quantitative estimate of drug-likeness (QED) is 0.419. The van der Waals surface area contributed by atoms with Gasteiger partial charge in [0.1, 0.15) is 12.2 Å². The molecule has 0 fully saturated rings. The number of nitrogens with zero attached hydrogens (tertiary/aromatic N) is 2. The minimum absolute atomic E-state index is 0.381. The molecule has 4 heteroatoms. The summed E-state index contributed by atoms with van der Waals surface area (Å²) in [5.41, 5.74) is 5.15. The Hall–Kier alpha value is -0.930. The van der Waals surface area contributed by atoms with E-state index in [9.17, 15) is 4.48 Å². The molecule has 2 N–H and O–H groups in total. The molecule has 0 rings (SSSR count). The summed E-state index contributed by atoms with van der Waals surface area (Å²) in [6, 6.07) is 0. The van der Waals surface area contributed by atoms with E-state index in [4.69, 9.17) is 5.73 Å². The fourth-order valence-electron chi connectivity index (χ4n) is 0.187. The van der Waals surface area contributed by atoms with Crippen molar-refractivity contribution in [2.75, 3.05) is 0 Å². The molecule has 0 saturated heterocycles. The predicted octanol–water partition coefficient (Wildman–Crippen LogP) is 0.666. The highest BCUT2D eigenvalue weighted by atomic mass is 19.2. The highest BCUT2D eigenvalue weighted by Gasteiger charge is 1.79. The van der Waals surface area contributed by atoms with Gasteiger partial charge in [0.2, 0.25) is 0 Å². The van der Waals surface area contributed by atoms with Crippen molar-refractivity contribution in [2.45, 2.75) is 13.3 Å². The minimum atomic E-state index is 0.381. The number of amidine groups is 1. The molecule has 0 aliphatic heterocycles. The molecule has 0 saturated carbocycles. The second kappa shape index (κ2) is 4.23. The lowest BCUT2D eigenvalue weighted by Crippen LogP contribution is -2.08.